The first-order chi connectivity index (χ1) is 8.53. The lowest BCUT2D eigenvalue weighted by molar-refractivity contribution is 0.0936. The zero-order chi connectivity index (χ0) is 13.7. The molecule has 0 saturated carbocycles. The second kappa shape index (κ2) is 6.55. The van der Waals surface area contributed by atoms with Crippen molar-refractivity contribution in [1.82, 2.24) is 4.90 Å². The van der Waals surface area contributed by atoms with Gasteiger partial charge in [0.1, 0.15) is 5.75 Å². The van der Waals surface area contributed by atoms with Gasteiger partial charge in [-0.1, -0.05) is 13.8 Å². The molecular formula is C15H23NO2. The van der Waals surface area contributed by atoms with Crippen LogP contribution in [0.2, 0.25) is 0 Å². The molecule has 18 heavy (non-hydrogen) atoms. The van der Waals surface area contributed by atoms with Gasteiger partial charge in [-0.2, -0.15) is 0 Å². The Balaban J connectivity index is 2.96. The van der Waals surface area contributed by atoms with Gasteiger partial charge in [0.2, 0.25) is 0 Å². The molecule has 0 N–H and O–H groups in total. The summed E-state index contributed by atoms with van der Waals surface area (Å²) >= 11 is 0. The third kappa shape index (κ3) is 3.33. The van der Waals surface area contributed by atoms with Gasteiger partial charge in [-0.25, -0.2) is 0 Å². The van der Waals surface area contributed by atoms with Gasteiger partial charge in [0, 0.05) is 5.56 Å². The number of hydrogen-bond donors (Lipinski definition) is 0. The van der Waals surface area contributed by atoms with Gasteiger partial charge in [0.25, 0.3) is 0 Å². The summed E-state index contributed by atoms with van der Waals surface area (Å²) < 4.78 is 5.26. The highest BCUT2D eigenvalue weighted by Gasteiger charge is 2.14. The largest absolute Gasteiger partial charge is 0.496 e. The molecule has 3 heteroatoms. The molecule has 1 aromatic rings. The van der Waals surface area contributed by atoms with Crippen LogP contribution in [0.4, 0.5) is 0 Å². The number of carbonyl (C=O) groups is 1. The Hall–Kier alpha value is -1.35. The fourth-order valence-corrected chi connectivity index (χ4v) is 2.05. The molecule has 0 aromatic heterocycles. The molecule has 0 radical (unpaired) electrons. The van der Waals surface area contributed by atoms with E-state index in [0.29, 0.717) is 6.54 Å². The molecule has 0 heterocycles. The van der Waals surface area contributed by atoms with E-state index in [4.69, 9.17) is 4.74 Å². The molecule has 3 nitrogen and oxygen atoms in total. The predicted octanol–water partition coefficient (Wildman–Crippen LogP) is 2.84. The molecule has 0 saturated heterocycles. The summed E-state index contributed by atoms with van der Waals surface area (Å²) in [6.07, 6.45) is 0. The SMILES string of the molecule is CCN(CC)CC(=O)c1cc(C)c(OC)cc1C. The van der Waals surface area contributed by atoms with Crippen LogP contribution in [-0.2, 0) is 0 Å². The number of benzene rings is 1. The molecule has 1 rings (SSSR count). The van der Waals surface area contributed by atoms with E-state index in [0.717, 1.165) is 35.5 Å². The standard InChI is InChI=1S/C15H23NO2/c1-6-16(7-2)10-14(17)13-8-12(4)15(18-5)9-11(13)3/h8-9H,6-7,10H2,1-5H3. The summed E-state index contributed by atoms with van der Waals surface area (Å²) in [4.78, 5) is 14.4. The number of likely N-dealkylation sites (N-methyl/N-ethyl adjacent to an activating group) is 1. The highest BCUT2D eigenvalue weighted by Crippen LogP contribution is 2.22. The second-order valence-electron chi connectivity index (χ2n) is 4.52. The number of Topliss-reactive ketones (excluding diaryl/α,β-unsaturated/α-hetero) is 1. The van der Waals surface area contributed by atoms with E-state index in [9.17, 15) is 4.79 Å². The van der Waals surface area contributed by atoms with Crippen LogP contribution >= 0.6 is 0 Å². The number of methoxy groups -OCH3 is 1. The molecule has 0 aliphatic heterocycles. The van der Waals surface area contributed by atoms with Crippen molar-refractivity contribution < 1.29 is 9.53 Å². The number of hydrogen-bond acceptors (Lipinski definition) is 3. The molecule has 0 spiro atoms. The molecule has 0 bridgehead atoms. The quantitative estimate of drug-likeness (QED) is 0.726. The average molecular weight is 249 g/mol. The van der Waals surface area contributed by atoms with Crippen molar-refractivity contribution >= 4 is 5.78 Å². The lowest BCUT2D eigenvalue weighted by atomic mass is 10.0. The van der Waals surface area contributed by atoms with E-state index in [-0.39, 0.29) is 5.78 Å². The van der Waals surface area contributed by atoms with Crippen LogP contribution in [0.15, 0.2) is 12.1 Å². The maximum atomic E-state index is 12.3. The summed E-state index contributed by atoms with van der Waals surface area (Å²) in [7, 11) is 1.65. The first kappa shape index (κ1) is 14.7. The topological polar surface area (TPSA) is 29.5 Å². The minimum atomic E-state index is 0.182. The van der Waals surface area contributed by atoms with Gasteiger partial charge < -0.3 is 4.74 Å². The van der Waals surface area contributed by atoms with Gasteiger partial charge >= 0.3 is 0 Å². The number of rotatable bonds is 6. The van der Waals surface area contributed by atoms with E-state index < -0.39 is 0 Å². The third-order valence-electron chi connectivity index (χ3n) is 3.30. The van der Waals surface area contributed by atoms with Crippen LogP contribution in [0.1, 0.15) is 35.3 Å². The van der Waals surface area contributed by atoms with Crippen molar-refractivity contribution in [2.45, 2.75) is 27.7 Å². The van der Waals surface area contributed by atoms with Crippen molar-refractivity contribution in [2.24, 2.45) is 0 Å². The molecule has 0 unspecified atom stereocenters. The van der Waals surface area contributed by atoms with E-state index in [1.54, 1.807) is 7.11 Å². The van der Waals surface area contributed by atoms with Crippen molar-refractivity contribution in [2.75, 3.05) is 26.7 Å². The lowest BCUT2D eigenvalue weighted by Crippen LogP contribution is -2.29. The van der Waals surface area contributed by atoms with Gasteiger partial charge in [0.15, 0.2) is 5.78 Å². The normalized spacial score (nSPS) is 10.8. The maximum absolute atomic E-state index is 12.3. The van der Waals surface area contributed by atoms with Gasteiger partial charge in [-0.05, 0) is 50.2 Å². The van der Waals surface area contributed by atoms with Crippen molar-refractivity contribution in [3.8, 4) is 5.75 Å². The Kier molecular flexibility index (Phi) is 5.35. The zero-order valence-corrected chi connectivity index (χ0v) is 12.0. The van der Waals surface area contributed by atoms with E-state index in [2.05, 4.69) is 18.7 Å². The monoisotopic (exact) mass is 249 g/mol. The Bertz CT molecular complexity index is 423. The van der Waals surface area contributed by atoms with Gasteiger partial charge in [-0.15, -0.1) is 0 Å². The first-order valence-corrected chi connectivity index (χ1v) is 6.44. The molecule has 0 fully saturated rings. The third-order valence-corrected chi connectivity index (χ3v) is 3.30. The van der Waals surface area contributed by atoms with Crippen molar-refractivity contribution in [1.29, 1.82) is 0 Å². The molecule has 0 atom stereocenters. The molecule has 1 aromatic carbocycles. The molecule has 0 aliphatic carbocycles. The molecular weight excluding hydrogens is 226 g/mol. The maximum Gasteiger partial charge on any atom is 0.177 e. The molecule has 100 valence electrons. The van der Waals surface area contributed by atoms with Crippen LogP contribution in [0.3, 0.4) is 0 Å². The minimum absolute atomic E-state index is 0.182. The zero-order valence-electron chi connectivity index (χ0n) is 12.0. The summed E-state index contributed by atoms with van der Waals surface area (Å²) in [5, 5.41) is 0. The summed E-state index contributed by atoms with van der Waals surface area (Å²) in [6.45, 7) is 10.3. The smallest absolute Gasteiger partial charge is 0.177 e. The van der Waals surface area contributed by atoms with E-state index in [1.165, 1.54) is 0 Å². The minimum Gasteiger partial charge on any atom is -0.496 e. The number of ether oxygens (including phenoxy) is 1. The fourth-order valence-electron chi connectivity index (χ4n) is 2.05. The van der Waals surface area contributed by atoms with Crippen LogP contribution in [0, 0.1) is 13.8 Å². The molecule has 0 amide bonds. The Morgan fingerprint density at radius 2 is 1.78 bits per heavy atom. The Morgan fingerprint density at radius 3 is 2.28 bits per heavy atom. The second-order valence-corrected chi connectivity index (χ2v) is 4.52. The van der Waals surface area contributed by atoms with Gasteiger partial charge in [0.05, 0.1) is 13.7 Å². The summed E-state index contributed by atoms with van der Waals surface area (Å²) in [5.74, 6) is 1.02. The first-order valence-electron chi connectivity index (χ1n) is 6.44. The lowest BCUT2D eigenvalue weighted by Gasteiger charge is -2.18. The average Bonchev–Trinajstić information content (AvgIpc) is 2.37. The highest BCUT2D eigenvalue weighted by molar-refractivity contribution is 5.99. The summed E-state index contributed by atoms with van der Waals surface area (Å²) in [5.41, 5.74) is 2.79. The van der Waals surface area contributed by atoms with Crippen molar-refractivity contribution in [3.05, 3.63) is 28.8 Å². The Labute approximate surface area is 110 Å². The van der Waals surface area contributed by atoms with E-state index >= 15 is 0 Å². The van der Waals surface area contributed by atoms with Gasteiger partial charge in [-0.3, -0.25) is 9.69 Å². The van der Waals surface area contributed by atoms with E-state index in [1.807, 2.05) is 26.0 Å². The number of nitrogens with zero attached hydrogens (tertiary/aromatic N) is 1. The highest BCUT2D eigenvalue weighted by atomic mass is 16.5. The number of ketones is 1. The molecule has 0 aliphatic rings. The van der Waals surface area contributed by atoms with Crippen molar-refractivity contribution in [3.63, 3.8) is 0 Å². The summed E-state index contributed by atoms with van der Waals surface area (Å²) in [6, 6.07) is 3.87. The fraction of sp³-hybridized carbons (Fsp3) is 0.533. The number of carbonyl (C=O) groups excluding carboxylic acids is 1. The van der Waals surface area contributed by atoms with Crippen LogP contribution < -0.4 is 4.74 Å². The predicted molar refractivity (Wildman–Crippen MR) is 74.6 cm³/mol. The Morgan fingerprint density at radius 1 is 1.17 bits per heavy atom. The van der Waals surface area contributed by atoms with Crippen LogP contribution in [-0.4, -0.2) is 37.4 Å². The van der Waals surface area contributed by atoms with Crippen LogP contribution in [0.25, 0.3) is 0 Å². The van der Waals surface area contributed by atoms with Crippen LogP contribution in [0.5, 0.6) is 5.75 Å². The number of aryl methyl sites for hydroxylation is 2.